The lowest BCUT2D eigenvalue weighted by atomic mass is 10.0. The molecule has 4 rings (SSSR count). The number of fused-ring (bicyclic) bond motifs is 1. The van der Waals surface area contributed by atoms with E-state index in [0.717, 1.165) is 30.2 Å². The maximum atomic E-state index is 13.1. The molecule has 0 saturated carbocycles. The molecule has 2 aromatic carbocycles. The Hall–Kier alpha value is -1.96. The number of hydrogen-bond acceptors (Lipinski definition) is 4. The van der Waals surface area contributed by atoms with E-state index in [1.54, 1.807) is 12.1 Å². The van der Waals surface area contributed by atoms with Crippen LogP contribution in [-0.4, -0.2) is 73.7 Å². The topological polar surface area (TPSA) is 60.9 Å². The van der Waals surface area contributed by atoms with Crippen LogP contribution in [0.25, 0.3) is 10.8 Å². The van der Waals surface area contributed by atoms with E-state index in [2.05, 4.69) is 11.8 Å². The summed E-state index contributed by atoms with van der Waals surface area (Å²) in [5.41, 5.74) is 0. The average Bonchev–Trinajstić information content (AvgIpc) is 2.75. The molecule has 2 aliphatic heterocycles. The molecule has 0 N–H and O–H groups in total. The Labute approximate surface area is 173 Å². The van der Waals surface area contributed by atoms with Gasteiger partial charge in [-0.2, -0.15) is 4.31 Å². The summed E-state index contributed by atoms with van der Waals surface area (Å²) < 4.78 is 27.7. The summed E-state index contributed by atoms with van der Waals surface area (Å²) in [5.74, 6) is 0.113. The molecule has 0 aliphatic carbocycles. The van der Waals surface area contributed by atoms with E-state index in [4.69, 9.17) is 0 Å². The molecule has 29 heavy (non-hydrogen) atoms. The minimum absolute atomic E-state index is 0.113. The van der Waals surface area contributed by atoms with Gasteiger partial charge in [-0.15, -0.1) is 0 Å². The minimum atomic E-state index is -3.55. The summed E-state index contributed by atoms with van der Waals surface area (Å²) in [5, 5.41) is 1.94. The first-order valence-electron chi connectivity index (χ1n) is 10.5. The van der Waals surface area contributed by atoms with Gasteiger partial charge in [0.2, 0.25) is 15.9 Å². The highest BCUT2D eigenvalue weighted by atomic mass is 32.2. The third-order valence-electron chi connectivity index (χ3n) is 6.23. The van der Waals surface area contributed by atoms with Crippen molar-refractivity contribution in [3.05, 3.63) is 42.5 Å². The Morgan fingerprint density at radius 3 is 2.41 bits per heavy atom. The van der Waals surface area contributed by atoms with E-state index in [9.17, 15) is 13.2 Å². The van der Waals surface area contributed by atoms with Crippen molar-refractivity contribution in [3.8, 4) is 0 Å². The lowest BCUT2D eigenvalue weighted by Gasteiger charge is -2.37. The Morgan fingerprint density at radius 1 is 0.966 bits per heavy atom. The van der Waals surface area contributed by atoms with Gasteiger partial charge >= 0.3 is 0 Å². The zero-order valence-electron chi connectivity index (χ0n) is 17.0. The number of rotatable bonds is 4. The third-order valence-corrected chi connectivity index (χ3v) is 8.12. The Kier molecular flexibility index (Phi) is 5.90. The summed E-state index contributed by atoms with van der Waals surface area (Å²) in [6.45, 7) is 5.19. The van der Waals surface area contributed by atoms with Gasteiger partial charge in [0.25, 0.3) is 0 Å². The summed E-state index contributed by atoms with van der Waals surface area (Å²) in [6.07, 6.45) is 3.53. The number of sulfonamides is 1. The van der Waals surface area contributed by atoms with Crippen LogP contribution >= 0.6 is 0 Å². The average molecular weight is 416 g/mol. The second-order valence-electron chi connectivity index (χ2n) is 8.11. The van der Waals surface area contributed by atoms with Crippen LogP contribution in [0.2, 0.25) is 0 Å². The van der Waals surface area contributed by atoms with Crippen molar-refractivity contribution >= 4 is 26.7 Å². The van der Waals surface area contributed by atoms with E-state index in [-0.39, 0.29) is 5.91 Å². The standard InChI is InChI=1S/C22H29N3O3S/c1-18-6-4-5-11-24(18)17-22(26)23-12-14-25(15-13-23)29(27,28)21-10-9-19-7-2-3-8-20(19)16-21/h2-3,7-10,16,18H,4-6,11-15,17H2,1H3/t18-/m1/s1. The van der Waals surface area contributed by atoms with Gasteiger partial charge in [0, 0.05) is 32.2 Å². The van der Waals surface area contributed by atoms with Gasteiger partial charge in [0.1, 0.15) is 0 Å². The van der Waals surface area contributed by atoms with Crippen LogP contribution in [0.3, 0.4) is 0 Å². The van der Waals surface area contributed by atoms with Gasteiger partial charge in [-0.05, 0) is 49.2 Å². The monoisotopic (exact) mass is 415 g/mol. The predicted molar refractivity (Wildman–Crippen MR) is 114 cm³/mol. The maximum Gasteiger partial charge on any atom is 0.243 e. The third kappa shape index (κ3) is 4.32. The van der Waals surface area contributed by atoms with Crippen molar-refractivity contribution in [3.63, 3.8) is 0 Å². The second kappa shape index (κ2) is 8.42. The first kappa shape index (κ1) is 20.3. The first-order valence-corrected chi connectivity index (χ1v) is 11.9. The predicted octanol–water partition coefficient (Wildman–Crippen LogP) is 2.55. The molecule has 1 amide bonds. The fourth-order valence-electron chi connectivity index (χ4n) is 4.32. The van der Waals surface area contributed by atoms with E-state index in [0.29, 0.717) is 43.7 Å². The van der Waals surface area contributed by atoms with Crippen LogP contribution in [-0.2, 0) is 14.8 Å². The minimum Gasteiger partial charge on any atom is -0.339 e. The van der Waals surface area contributed by atoms with Gasteiger partial charge in [0.05, 0.1) is 11.4 Å². The van der Waals surface area contributed by atoms with Crippen LogP contribution in [0, 0.1) is 0 Å². The van der Waals surface area contributed by atoms with Crippen molar-refractivity contribution in [1.82, 2.24) is 14.1 Å². The Morgan fingerprint density at radius 2 is 1.69 bits per heavy atom. The fraction of sp³-hybridized carbons (Fsp3) is 0.500. The van der Waals surface area contributed by atoms with Crippen LogP contribution in [0.4, 0.5) is 0 Å². The molecule has 2 fully saturated rings. The lowest BCUT2D eigenvalue weighted by molar-refractivity contribution is -0.134. The summed E-state index contributed by atoms with van der Waals surface area (Å²) >= 11 is 0. The van der Waals surface area contributed by atoms with Gasteiger partial charge in [0.15, 0.2) is 0 Å². The molecule has 2 saturated heterocycles. The van der Waals surface area contributed by atoms with Crippen LogP contribution in [0.15, 0.2) is 47.4 Å². The number of hydrogen-bond donors (Lipinski definition) is 0. The van der Waals surface area contributed by atoms with E-state index in [1.807, 2.05) is 35.2 Å². The number of piperidine rings is 1. The van der Waals surface area contributed by atoms with Crippen molar-refractivity contribution < 1.29 is 13.2 Å². The lowest BCUT2D eigenvalue weighted by Crippen LogP contribution is -2.53. The van der Waals surface area contributed by atoms with Crippen molar-refractivity contribution in [2.45, 2.75) is 37.1 Å². The number of carbonyl (C=O) groups is 1. The molecule has 0 radical (unpaired) electrons. The SMILES string of the molecule is C[C@@H]1CCCCN1CC(=O)N1CCN(S(=O)(=O)c2ccc3ccccc3c2)CC1. The first-order chi connectivity index (χ1) is 13.9. The number of carbonyl (C=O) groups excluding carboxylic acids is 1. The molecule has 2 heterocycles. The van der Waals surface area contributed by atoms with Crippen LogP contribution in [0.5, 0.6) is 0 Å². The zero-order chi connectivity index (χ0) is 20.4. The van der Waals surface area contributed by atoms with Gasteiger partial charge in [-0.3, -0.25) is 9.69 Å². The second-order valence-corrected chi connectivity index (χ2v) is 10.0. The van der Waals surface area contributed by atoms with Gasteiger partial charge < -0.3 is 4.90 Å². The summed E-state index contributed by atoms with van der Waals surface area (Å²) in [6, 6.07) is 13.5. The smallest absolute Gasteiger partial charge is 0.243 e. The largest absolute Gasteiger partial charge is 0.339 e. The highest BCUT2D eigenvalue weighted by molar-refractivity contribution is 7.89. The van der Waals surface area contributed by atoms with Crippen molar-refractivity contribution in [2.75, 3.05) is 39.3 Å². The Balaban J connectivity index is 1.39. The van der Waals surface area contributed by atoms with Crippen LogP contribution < -0.4 is 0 Å². The molecular weight excluding hydrogens is 386 g/mol. The molecule has 0 aromatic heterocycles. The molecule has 0 unspecified atom stereocenters. The molecule has 0 bridgehead atoms. The molecule has 6 nitrogen and oxygen atoms in total. The molecule has 2 aliphatic rings. The number of amides is 1. The van der Waals surface area contributed by atoms with E-state index >= 15 is 0 Å². The Bertz CT molecular complexity index is 984. The highest BCUT2D eigenvalue weighted by Gasteiger charge is 2.31. The van der Waals surface area contributed by atoms with E-state index < -0.39 is 10.0 Å². The van der Waals surface area contributed by atoms with Gasteiger partial charge in [-0.1, -0.05) is 36.8 Å². The zero-order valence-corrected chi connectivity index (χ0v) is 17.8. The maximum absolute atomic E-state index is 13.1. The molecule has 7 heteroatoms. The van der Waals surface area contributed by atoms with Crippen molar-refractivity contribution in [2.24, 2.45) is 0 Å². The highest BCUT2D eigenvalue weighted by Crippen LogP contribution is 2.23. The summed E-state index contributed by atoms with van der Waals surface area (Å²) in [7, 11) is -3.55. The molecule has 1 atom stereocenters. The number of nitrogens with zero attached hydrogens (tertiary/aromatic N) is 3. The van der Waals surface area contributed by atoms with Gasteiger partial charge in [-0.25, -0.2) is 8.42 Å². The number of piperazine rings is 1. The van der Waals surface area contributed by atoms with E-state index in [1.165, 1.54) is 10.7 Å². The molecule has 2 aromatic rings. The number of benzene rings is 2. The molecule has 156 valence electrons. The molecular formula is C22H29N3O3S. The normalized spacial score (nSPS) is 22.1. The van der Waals surface area contributed by atoms with Crippen molar-refractivity contribution in [1.29, 1.82) is 0 Å². The quantitative estimate of drug-likeness (QED) is 0.770. The number of likely N-dealkylation sites (tertiary alicyclic amines) is 1. The summed E-state index contributed by atoms with van der Waals surface area (Å²) in [4.78, 5) is 17.1. The fourth-order valence-corrected chi connectivity index (χ4v) is 5.78. The molecule has 0 spiro atoms. The van der Waals surface area contributed by atoms with Crippen LogP contribution in [0.1, 0.15) is 26.2 Å².